The Bertz CT molecular complexity index is 698. The predicted octanol–water partition coefficient (Wildman–Crippen LogP) is 2.32. The van der Waals surface area contributed by atoms with Crippen LogP contribution in [0.2, 0.25) is 0 Å². The molecule has 3 rings (SSSR count). The standard InChI is InChI=1S/C18H20N2O3S/c19-18(22)14-5-3-13(4-6-14)11-20-7-8-23-12-15(20)10-16(21)17-2-1-9-24-17/h1-6,9,15H,7-8,10-12H2,(H2,19,22). The van der Waals surface area contributed by atoms with E-state index in [0.29, 0.717) is 25.2 Å². The first kappa shape index (κ1) is 16.8. The van der Waals surface area contributed by atoms with E-state index in [2.05, 4.69) is 4.90 Å². The zero-order chi connectivity index (χ0) is 16.9. The molecule has 0 spiro atoms. The van der Waals surface area contributed by atoms with E-state index in [-0.39, 0.29) is 11.8 Å². The van der Waals surface area contributed by atoms with E-state index in [1.54, 1.807) is 12.1 Å². The topological polar surface area (TPSA) is 72.6 Å². The highest BCUT2D eigenvalue weighted by Crippen LogP contribution is 2.19. The van der Waals surface area contributed by atoms with Crippen molar-refractivity contribution in [2.45, 2.75) is 19.0 Å². The minimum Gasteiger partial charge on any atom is -0.378 e. The van der Waals surface area contributed by atoms with E-state index in [1.807, 2.05) is 29.6 Å². The Hall–Kier alpha value is -2.02. The van der Waals surface area contributed by atoms with Crippen LogP contribution in [0.1, 0.15) is 32.0 Å². The molecule has 5 nitrogen and oxygen atoms in total. The molecule has 0 saturated carbocycles. The number of nitrogens with two attached hydrogens (primary N) is 1. The fourth-order valence-corrected chi connectivity index (χ4v) is 3.52. The highest BCUT2D eigenvalue weighted by molar-refractivity contribution is 7.12. The van der Waals surface area contributed by atoms with Crippen molar-refractivity contribution < 1.29 is 14.3 Å². The Morgan fingerprint density at radius 1 is 1.25 bits per heavy atom. The monoisotopic (exact) mass is 344 g/mol. The van der Waals surface area contributed by atoms with Gasteiger partial charge < -0.3 is 10.5 Å². The lowest BCUT2D eigenvalue weighted by atomic mass is 10.1. The van der Waals surface area contributed by atoms with Gasteiger partial charge in [0.05, 0.1) is 18.1 Å². The maximum Gasteiger partial charge on any atom is 0.248 e. The third-order valence-electron chi connectivity index (χ3n) is 4.19. The zero-order valence-electron chi connectivity index (χ0n) is 13.3. The van der Waals surface area contributed by atoms with Gasteiger partial charge in [-0.15, -0.1) is 11.3 Å². The number of primary amides is 1. The molecule has 24 heavy (non-hydrogen) atoms. The second kappa shape index (κ2) is 7.70. The van der Waals surface area contributed by atoms with Crippen LogP contribution in [0, 0.1) is 0 Å². The molecular weight excluding hydrogens is 324 g/mol. The summed E-state index contributed by atoms with van der Waals surface area (Å²) in [6, 6.07) is 11.1. The molecule has 2 heterocycles. The number of benzene rings is 1. The average molecular weight is 344 g/mol. The first-order valence-corrected chi connectivity index (χ1v) is 8.78. The third-order valence-corrected chi connectivity index (χ3v) is 5.10. The molecule has 1 aliphatic rings. The van der Waals surface area contributed by atoms with Gasteiger partial charge in [0.2, 0.25) is 5.91 Å². The normalized spacial score (nSPS) is 18.4. The summed E-state index contributed by atoms with van der Waals surface area (Å²) in [5.74, 6) is -0.262. The van der Waals surface area contributed by atoms with E-state index in [1.165, 1.54) is 11.3 Å². The maximum absolute atomic E-state index is 12.4. The summed E-state index contributed by atoms with van der Waals surface area (Å²) in [4.78, 5) is 26.6. The molecule has 1 amide bonds. The van der Waals surface area contributed by atoms with Crippen molar-refractivity contribution in [3.63, 3.8) is 0 Å². The van der Waals surface area contributed by atoms with Crippen molar-refractivity contribution in [2.24, 2.45) is 5.73 Å². The van der Waals surface area contributed by atoms with Crippen LogP contribution in [0.15, 0.2) is 41.8 Å². The second-order valence-electron chi connectivity index (χ2n) is 5.86. The number of thiophene rings is 1. The van der Waals surface area contributed by atoms with Gasteiger partial charge in [-0.05, 0) is 29.1 Å². The van der Waals surface area contributed by atoms with Gasteiger partial charge in [-0.2, -0.15) is 0 Å². The molecule has 1 fully saturated rings. The molecule has 0 bridgehead atoms. The molecular formula is C18H20N2O3S. The van der Waals surface area contributed by atoms with Crippen LogP contribution in [0.4, 0.5) is 0 Å². The van der Waals surface area contributed by atoms with Gasteiger partial charge in [0.25, 0.3) is 0 Å². The summed E-state index contributed by atoms with van der Waals surface area (Å²) < 4.78 is 5.57. The van der Waals surface area contributed by atoms with Crippen molar-refractivity contribution >= 4 is 23.0 Å². The number of carbonyl (C=O) groups is 2. The first-order chi connectivity index (χ1) is 11.6. The number of hydrogen-bond donors (Lipinski definition) is 1. The van der Waals surface area contributed by atoms with Crippen LogP contribution in [0.3, 0.4) is 0 Å². The lowest BCUT2D eigenvalue weighted by Gasteiger charge is -2.35. The summed E-state index contributed by atoms with van der Waals surface area (Å²) in [5.41, 5.74) is 6.87. The van der Waals surface area contributed by atoms with Crippen LogP contribution in [-0.2, 0) is 11.3 Å². The molecule has 1 unspecified atom stereocenters. The Labute approximate surface area is 145 Å². The highest BCUT2D eigenvalue weighted by Gasteiger charge is 2.26. The molecule has 0 aliphatic carbocycles. The summed E-state index contributed by atoms with van der Waals surface area (Å²) in [5, 5.41) is 1.92. The van der Waals surface area contributed by atoms with Gasteiger partial charge in [-0.3, -0.25) is 14.5 Å². The lowest BCUT2D eigenvalue weighted by Crippen LogP contribution is -2.45. The van der Waals surface area contributed by atoms with Gasteiger partial charge in [0.15, 0.2) is 5.78 Å². The summed E-state index contributed by atoms with van der Waals surface area (Å²) in [7, 11) is 0. The number of nitrogens with zero attached hydrogens (tertiary/aromatic N) is 1. The van der Waals surface area contributed by atoms with Crippen LogP contribution >= 0.6 is 11.3 Å². The van der Waals surface area contributed by atoms with E-state index >= 15 is 0 Å². The third kappa shape index (κ3) is 4.08. The summed E-state index contributed by atoms with van der Waals surface area (Å²) >= 11 is 1.48. The van der Waals surface area contributed by atoms with Gasteiger partial charge in [-0.25, -0.2) is 0 Å². The minimum atomic E-state index is -0.424. The van der Waals surface area contributed by atoms with Crippen LogP contribution < -0.4 is 5.73 Å². The molecule has 1 saturated heterocycles. The molecule has 1 aliphatic heterocycles. The van der Waals surface area contributed by atoms with Gasteiger partial charge in [0.1, 0.15) is 0 Å². The summed E-state index contributed by atoms with van der Waals surface area (Å²) in [6.45, 7) is 2.75. The van der Waals surface area contributed by atoms with Crippen LogP contribution in [0.25, 0.3) is 0 Å². The Kier molecular flexibility index (Phi) is 5.40. The molecule has 1 aromatic heterocycles. The molecule has 1 atom stereocenters. The van der Waals surface area contributed by atoms with Crippen LogP contribution in [0.5, 0.6) is 0 Å². The van der Waals surface area contributed by atoms with Crippen molar-refractivity contribution in [1.29, 1.82) is 0 Å². The Morgan fingerprint density at radius 3 is 2.71 bits per heavy atom. The largest absolute Gasteiger partial charge is 0.378 e. The predicted molar refractivity (Wildman–Crippen MR) is 93.2 cm³/mol. The van der Waals surface area contributed by atoms with Crippen LogP contribution in [-0.4, -0.2) is 42.4 Å². The quantitative estimate of drug-likeness (QED) is 0.816. The molecule has 126 valence electrons. The number of ketones is 1. The number of morpholine rings is 1. The molecule has 0 radical (unpaired) electrons. The second-order valence-corrected chi connectivity index (χ2v) is 6.81. The van der Waals surface area contributed by atoms with E-state index in [4.69, 9.17) is 10.5 Å². The number of rotatable bonds is 6. The fourth-order valence-electron chi connectivity index (χ4n) is 2.85. The molecule has 1 aromatic carbocycles. The fraction of sp³-hybridized carbons (Fsp3) is 0.333. The number of Topliss-reactive ketones (excluding diaryl/α,β-unsaturated/α-hetero) is 1. The zero-order valence-corrected chi connectivity index (χ0v) is 14.1. The first-order valence-electron chi connectivity index (χ1n) is 7.91. The number of ether oxygens (including phenoxy) is 1. The number of carbonyl (C=O) groups excluding carboxylic acids is 2. The molecule has 2 aromatic rings. The lowest BCUT2D eigenvalue weighted by molar-refractivity contribution is -0.0125. The maximum atomic E-state index is 12.4. The average Bonchev–Trinajstić information content (AvgIpc) is 3.12. The van der Waals surface area contributed by atoms with Crippen molar-refractivity contribution in [2.75, 3.05) is 19.8 Å². The Balaban J connectivity index is 1.65. The number of amides is 1. The van der Waals surface area contributed by atoms with Crippen molar-refractivity contribution in [3.05, 3.63) is 57.8 Å². The molecule has 6 heteroatoms. The van der Waals surface area contributed by atoms with E-state index < -0.39 is 5.91 Å². The van der Waals surface area contributed by atoms with Crippen molar-refractivity contribution in [3.8, 4) is 0 Å². The van der Waals surface area contributed by atoms with Crippen molar-refractivity contribution in [1.82, 2.24) is 4.90 Å². The number of hydrogen-bond acceptors (Lipinski definition) is 5. The van der Waals surface area contributed by atoms with E-state index in [0.717, 1.165) is 23.5 Å². The SMILES string of the molecule is NC(=O)c1ccc(CN2CCOCC2CC(=O)c2cccs2)cc1. The smallest absolute Gasteiger partial charge is 0.248 e. The van der Waals surface area contributed by atoms with Gasteiger partial charge >= 0.3 is 0 Å². The Morgan fingerprint density at radius 2 is 2.04 bits per heavy atom. The molecule has 2 N–H and O–H groups in total. The minimum absolute atomic E-state index is 0.0733. The van der Waals surface area contributed by atoms with Gasteiger partial charge in [-0.1, -0.05) is 18.2 Å². The highest BCUT2D eigenvalue weighted by atomic mass is 32.1. The summed E-state index contributed by atoms with van der Waals surface area (Å²) in [6.07, 6.45) is 0.458. The van der Waals surface area contributed by atoms with E-state index in [9.17, 15) is 9.59 Å². The van der Waals surface area contributed by atoms with Gasteiger partial charge in [0, 0.05) is 31.1 Å².